The first-order valence-electron chi connectivity index (χ1n) is 11.3. The number of para-hydroxylation sites is 1. The van der Waals surface area contributed by atoms with Crippen LogP contribution in [0.5, 0.6) is 0 Å². The summed E-state index contributed by atoms with van der Waals surface area (Å²) in [6.07, 6.45) is 7.38. The number of nitrogens with zero attached hydrogens (tertiary/aromatic N) is 1. The van der Waals surface area contributed by atoms with Gasteiger partial charge in [-0.1, -0.05) is 55.0 Å². The number of furan rings is 1. The molecule has 0 radical (unpaired) electrons. The second-order valence-electron chi connectivity index (χ2n) is 8.67. The molecular weight excluding hydrogens is 386 g/mol. The van der Waals surface area contributed by atoms with Gasteiger partial charge in [-0.15, -0.1) is 0 Å². The molecule has 2 bridgehead atoms. The lowest BCUT2D eigenvalue weighted by atomic mass is 9.81. The topological polar surface area (TPSA) is 57.5 Å². The molecule has 2 saturated heterocycles. The van der Waals surface area contributed by atoms with E-state index >= 15 is 0 Å². The number of carbonyl (C=O) groups excluding carboxylic acids is 1. The summed E-state index contributed by atoms with van der Waals surface area (Å²) >= 11 is 0. The van der Waals surface area contributed by atoms with Crippen LogP contribution in [-0.4, -0.2) is 29.1 Å². The van der Waals surface area contributed by atoms with Crippen LogP contribution in [0.4, 0.5) is 10.5 Å². The Morgan fingerprint density at radius 3 is 2.42 bits per heavy atom. The highest BCUT2D eigenvalue weighted by Crippen LogP contribution is 2.35. The number of urea groups is 1. The molecule has 2 aliphatic rings. The Bertz CT molecular complexity index is 989. The lowest BCUT2D eigenvalue weighted by Crippen LogP contribution is -2.56. The highest BCUT2D eigenvalue weighted by molar-refractivity contribution is 5.94. The van der Waals surface area contributed by atoms with Crippen molar-refractivity contribution in [2.24, 2.45) is 0 Å². The molecule has 2 unspecified atom stereocenters. The van der Waals surface area contributed by atoms with Crippen LogP contribution in [0.2, 0.25) is 0 Å². The summed E-state index contributed by atoms with van der Waals surface area (Å²) < 4.78 is 5.59. The van der Waals surface area contributed by atoms with Crippen molar-refractivity contribution < 1.29 is 9.21 Å². The van der Waals surface area contributed by atoms with E-state index in [1.165, 1.54) is 19.3 Å². The van der Waals surface area contributed by atoms with Gasteiger partial charge in [0.2, 0.25) is 0 Å². The number of fused-ring (bicyclic) bond motifs is 2. The Balaban J connectivity index is 1.23. The van der Waals surface area contributed by atoms with Crippen molar-refractivity contribution in [1.82, 2.24) is 10.2 Å². The smallest absolute Gasteiger partial charge is 0.319 e. The number of carbonyl (C=O) groups is 1. The summed E-state index contributed by atoms with van der Waals surface area (Å²) in [7, 11) is 0. The van der Waals surface area contributed by atoms with Crippen molar-refractivity contribution in [2.75, 3.05) is 5.32 Å². The predicted molar refractivity (Wildman–Crippen MR) is 123 cm³/mol. The summed E-state index contributed by atoms with van der Waals surface area (Å²) in [6, 6.07) is 23.2. The summed E-state index contributed by atoms with van der Waals surface area (Å²) in [5.41, 5.74) is 2.96. The molecule has 0 aliphatic carbocycles. The maximum Gasteiger partial charge on any atom is 0.319 e. The molecule has 2 N–H and O–H groups in total. The van der Waals surface area contributed by atoms with Gasteiger partial charge in [0.05, 0.1) is 18.5 Å². The van der Waals surface area contributed by atoms with E-state index in [-0.39, 0.29) is 12.1 Å². The lowest BCUT2D eigenvalue weighted by molar-refractivity contribution is 0.0150. The molecule has 2 aromatic carbocycles. The third-order valence-electron chi connectivity index (χ3n) is 6.64. The van der Waals surface area contributed by atoms with Crippen LogP contribution < -0.4 is 10.6 Å². The third-order valence-corrected chi connectivity index (χ3v) is 6.64. The Labute approximate surface area is 183 Å². The Morgan fingerprint density at radius 2 is 1.68 bits per heavy atom. The van der Waals surface area contributed by atoms with Crippen LogP contribution in [0.1, 0.15) is 37.9 Å². The average Bonchev–Trinajstić information content (AvgIpc) is 3.28. The highest BCUT2D eigenvalue weighted by Gasteiger charge is 2.39. The van der Waals surface area contributed by atoms with E-state index in [4.69, 9.17) is 4.42 Å². The molecule has 31 heavy (non-hydrogen) atoms. The van der Waals surface area contributed by atoms with Gasteiger partial charge in [-0.25, -0.2) is 4.79 Å². The summed E-state index contributed by atoms with van der Waals surface area (Å²) in [5.74, 6) is 1.03. The second-order valence-corrected chi connectivity index (χ2v) is 8.67. The van der Waals surface area contributed by atoms with Gasteiger partial charge in [-0.05, 0) is 49.4 Å². The molecule has 5 nitrogen and oxygen atoms in total. The van der Waals surface area contributed by atoms with Gasteiger partial charge in [-0.2, -0.15) is 0 Å². The molecule has 3 aromatic rings. The van der Waals surface area contributed by atoms with Crippen molar-refractivity contribution in [3.8, 4) is 11.1 Å². The fourth-order valence-corrected chi connectivity index (χ4v) is 5.24. The number of anilines is 1. The van der Waals surface area contributed by atoms with Crippen LogP contribution in [0.15, 0.2) is 77.4 Å². The SMILES string of the molecule is O=C(Nc1ccccc1-c1ccccc1)NC1CC2CCCC(C1)N2Cc1ccco1. The Morgan fingerprint density at radius 1 is 0.935 bits per heavy atom. The summed E-state index contributed by atoms with van der Waals surface area (Å²) in [6.45, 7) is 0.867. The largest absolute Gasteiger partial charge is 0.468 e. The first-order chi connectivity index (χ1) is 15.3. The molecule has 160 valence electrons. The molecule has 2 amide bonds. The molecule has 2 aliphatic heterocycles. The summed E-state index contributed by atoms with van der Waals surface area (Å²) in [4.78, 5) is 15.5. The molecule has 2 atom stereocenters. The van der Waals surface area contributed by atoms with Crippen LogP contribution in [-0.2, 0) is 6.54 Å². The van der Waals surface area contributed by atoms with E-state index < -0.39 is 0 Å². The fourth-order valence-electron chi connectivity index (χ4n) is 5.24. The van der Waals surface area contributed by atoms with Crippen molar-refractivity contribution in [3.63, 3.8) is 0 Å². The first kappa shape index (κ1) is 19.9. The maximum atomic E-state index is 12.9. The minimum absolute atomic E-state index is 0.120. The zero-order valence-electron chi connectivity index (χ0n) is 17.7. The van der Waals surface area contributed by atoms with Gasteiger partial charge in [0.15, 0.2) is 0 Å². The van der Waals surface area contributed by atoms with Crippen LogP contribution in [0.3, 0.4) is 0 Å². The van der Waals surface area contributed by atoms with Crippen LogP contribution in [0.25, 0.3) is 11.1 Å². The van der Waals surface area contributed by atoms with Gasteiger partial charge >= 0.3 is 6.03 Å². The van der Waals surface area contributed by atoms with Crippen molar-refractivity contribution in [1.29, 1.82) is 0 Å². The first-order valence-corrected chi connectivity index (χ1v) is 11.3. The number of piperidine rings is 2. The van der Waals surface area contributed by atoms with Gasteiger partial charge < -0.3 is 15.1 Å². The number of nitrogens with one attached hydrogen (secondary N) is 2. The van der Waals surface area contributed by atoms with E-state index in [9.17, 15) is 4.79 Å². The quantitative estimate of drug-likeness (QED) is 0.566. The number of amides is 2. The average molecular weight is 416 g/mol. The van der Waals surface area contributed by atoms with Gasteiger partial charge in [0.25, 0.3) is 0 Å². The minimum Gasteiger partial charge on any atom is -0.468 e. The second kappa shape index (κ2) is 8.98. The number of hydrogen-bond donors (Lipinski definition) is 2. The van der Waals surface area contributed by atoms with Crippen LogP contribution >= 0.6 is 0 Å². The molecule has 5 heteroatoms. The normalized spacial score (nSPS) is 23.3. The molecule has 2 fully saturated rings. The van der Waals surface area contributed by atoms with Crippen molar-refractivity contribution in [3.05, 3.63) is 78.8 Å². The molecule has 0 spiro atoms. The van der Waals surface area contributed by atoms with Crippen molar-refractivity contribution in [2.45, 2.75) is 56.8 Å². The Hall–Kier alpha value is -3.05. The minimum atomic E-state index is -0.120. The van der Waals surface area contributed by atoms with E-state index in [0.717, 1.165) is 42.0 Å². The third kappa shape index (κ3) is 4.52. The molecule has 0 saturated carbocycles. The Kier molecular flexibility index (Phi) is 5.76. The van der Waals surface area contributed by atoms with Gasteiger partial charge in [-0.3, -0.25) is 4.90 Å². The van der Waals surface area contributed by atoms with E-state index in [1.54, 1.807) is 6.26 Å². The monoisotopic (exact) mass is 415 g/mol. The molecule has 3 heterocycles. The van der Waals surface area contributed by atoms with Crippen LogP contribution in [0, 0.1) is 0 Å². The number of rotatable bonds is 5. The van der Waals surface area contributed by atoms with E-state index in [0.29, 0.717) is 12.1 Å². The lowest BCUT2D eigenvalue weighted by Gasteiger charge is -2.48. The van der Waals surface area contributed by atoms with E-state index in [2.05, 4.69) is 33.7 Å². The summed E-state index contributed by atoms with van der Waals surface area (Å²) in [5, 5.41) is 6.34. The fraction of sp³-hybridized carbons (Fsp3) is 0.346. The highest BCUT2D eigenvalue weighted by atomic mass is 16.3. The number of hydrogen-bond acceptors (Lipinski definition) is 3. The zero-order valence-corrected chi connectivity index (χ0v) is 17.7. The van der Waals surface area contributed by atoms with Gasteiger partial charge in [0, 0.05) is 23.7 Å². The zero-order chi connectivity index (χ0) is 21.0. The van der Waals surface area contributed by atoms with Crippen molar-refractivity contribution >= 4 is 11.7 Å². The van der Waals surface area contributed by atoms with E-state index in [1.807, 2.05) is 48.5 Å². The van der Waals surface area contributed by atoms with Gasteiger partial charge in [0.1, 0.15) is 5.76 Å². The predicted octanol–water partition coefficient (Wildman–Crippen LogP) is 5.65. The standard InChI is InChI=1S/C26H29N3O2/c30-26(28-25-14-5-4-13-24(25)19-8-2-1-3-9-19)27-20-16-21-10-6-11-22(17-20)29(21)18-23-12-7-15-31-23/h1-5,7-9,12-15,20-22H,6,10-11,16-18H2,(H2,27,28,30). The molecular formula is C26H29N3O2. The maximum absolute atomic E-state index is 12.9. The number of benzene rings is 2. The molecule has 5 rings (SSSR count). The molecule has 1 aromatic heterocycles.